The highest BCUT2D eigenvalue weighted by Gasteiger charge is 2.19. The number of aromatic nitrogens is 1. The highest BCUT2D eigenvalue weighted by atomic mass is 35.5. The molecular weight excluding hydrogens is 328 g/mol. The molecular formula is C18H25ClN2O3. The minimum Gasteiger partial charge on any atom is -0.486 e. The topological polar surface area (TPSA) is 47.7 Å². The SMILES string of the molecule is CN(CCOc1cc(COc2ccccc2)on1)C1CCCC1.Cl. The number of halogens is 1. The monoisotopic (exact) mass is 352 g/mol. The standard InChI is InChI=1S/C18H24N2O3.ClH/c1-20(15-7-5-6-8-15)11-12-21-18-13-17(23-19-18)14-22-16-9-3-2-4-10-16;/h2-4,9-10,13,15H,5-8,11-12,14H2,1H3;1H. The lowest BCUT2D eigenvalue weighted by molar-refractivity contribution is 0.183. The van der Waals surface area contributed by atoms with E-state index in [4.69, 9.17) is 14.0 Å². The predicted octanol–water partition coefficient (Wildman–Crippen LogP) is 3.93. The van der Waals surface area contributed by atoms with Gasteiger partial charge in [-0.15, -0.1) is 12.4 Å². The Hall–Kier alpha value is -1.72. The van der Waals surface area contributed by atoms with Gasteiger partial charge < -0.3 is 18.9 Å². The van der Waals surface area contributed by atoms with E-state index >= 15 is 0 Å². The molecule has 1 heterocycles. The summed E-state index contributed by atoms with van der Waals surface area (Å²) in [6.45, 7) is 1.88. The van der Waals surface area contributed by atoms with Gasteiger partial charge in [-0.1, -0.05) is 31.0 Å². The first kappa shape index (κ1) is 18.6. The van der Waals surface area contributed by atoms with Crippen molar-refractivity contribution in [1.29, 1.82) is 0 Å². The van der Waals surface area contributed by atoms with Crippen molar-refractivity contribution in [3.8, 4) is 11.6 Å². The van der Waals surface area contributed by atoms with Crippen molar-refractivity contribution in [3.63, 3.8) is 0 Å². The first-order chi connectivity index (χ1) is 11.3. The van der Waals surface area contributed by atoms with Crippen LogP contribution in [0, 0.1) is 0 Å². The van der Waals surface area contributed by atoms with E-state index in [-0.39, 0.29) is 12.4 Å². The van der Waals surface area contributed by atoms with Gasteiger partial charge in [-0.2, -0.15) is 0 Å². The molecule has 0 radical (unpaired) electrons. The van der Waals surface area contributed by atoms with Gasteiger partial charge in [-0.25, -0.2) is 0 Å². The Balaban J connectivity index is 0.00000208. The van der Waals surface area contributed by atoms with Crippen LogP contribution < -0.4 is 9.47 Å². The van der Waals surface area contributed by atoms with Crippen molar-refractivity contribution in [3.05, 3.63) is 42.2 Å². The van der Waals surface area contributed by atoms with E-state index < -0.39 is 0 Å². The fourth-order valence-electron chi connectivity index (χ4n) is 2.92. The lowest BCUT2D eigenvalue weighted by Gasteiger charge is -2.23. The van der Waals surface area contributed by atoms with Crippen molar-refractivity contribution < 1.29 is 14.0 Å². The molecule has 24 heavy (non-hydrogen) atoms. The average molecular weight is 353 g/mol. The van der Waals surface area contributed by atoms with E-state index in [2.05, 4.69) is 17.1 Å². The highest BCUT2D eigenvalue weighted by molar-refractivity contribution is 5.85. The van der Waals surface area contributed by atoms with Gasteiger partial charge >= 0.3 is 0 Å². The summed E-state index contributed by atoms with van der Waals surface area (Å²) in [4.78, 5) is 2.38. The molecule has 1 aliphatic carbocycles. The van der Waals surface area contributed by atoms with E-state index in [9.17, 15) is 0 Å². The summed E-state index contributed by atoms with van der Waals surface area (Å²) in [7, 11) is 2.17. The van der Waals surface area contributed by atoms with E-state index in [0.29, 0.717) is 30.9 Å². The maximum Gasteiger partial charge on any atom is 0.254 e. The molecule has 0 atom stereocenters. The molecule has 1 aromatic heterocycles. The third-order valence-electron chi connectivity index (χ3n) is 4.30. The van der Waals surface area contributed by atoms with Crippen molar-refractivity contribution >= 4 is 12.4 Å². The Labute approximate surface area is 149 Å². The molecule has 0 amide bonds. The zero-order valence-corrected chi connectivity index (χ0v) is 14.8. The minimum absolute atomic E-state index is 0. The predicted molar refractivity (Wildman–Crippen MR) is 94.9 cm³/mol. The maximum atomic E-state index is 5.67. The zero-order chi connectivity index (χ0) is 15.9. The van der Waals surface area contributed by atoms with E-state index in [0.717, 1.165) is 12.3 Å². The molecule has 2 aromatic rings. The molecule has 1 fully saturated rings. The second-order valence-corrected chi connectivity index (χ2v) is 6.00. The summed E-state index contributed by atoms with van der Waals surface area (Å²) in [6.07, 6.45) is 5.32. The summed E-state index contributed by atoms with van der Waals surface area (Å²) in [6, 6.07) is 12.1. The molecule has 5 nitrogen and oxygen atoms in total. The van der Waals surface area contributed by atoms with Crippen LogP contribution in [-0.2, 0) is 6.61 Å². The number of ether oxygens (including phenoxy) is 2. The first-order valence-corrected chi connectivity index (χ1v) is 8.28. The number of likely N-dealkylation sites (N-methyl/N-ethyl adjacent to an activating group) is 1. The van der Waals surface area contributed by atoms with Crippen molar-refractivity contribution in [2.45, 2.75) is 38.3 Å². The third-order valence-corrected chi connectivity index (χ3v) is 4.30. The van der Waals surface area contributed by atoms with Crippen LogP contribution in [0.15, 0.2) is 40.9 Å². The zero-order valence-electron chi connectivity index (χ0n) is 14.0. The van der Waals surface area contributed by atoms with Gasteiger partial charge in [0, 0.05) is 18.7 Å². The largest absolute Gasteiger partial charge is 0.486 e. The molecule has 0 bridgehead atoms. The Morgan fingerprint density at radius 2 is 1.92 bits per heavy atom. The molecule has 6 heteroatoms. The Bertz CT molecular complexity index is 585. The fourth-order valence-corrected chi connectivity index (χ4v) is 2.92. The second-order valence-electron chi connectivity index (χ2n) is 6.00. The van der Waals surface area contributed by atoms with Gasteiger partial charge in [-0.3, -0.25) is 0 Å². The highest BCUT2D eigenvalue weighted by Crippen LogP contribution is 2.22. The van der Waals surface area contributed by atoms with Crippen molar-refractivity contribution in [2.75, 3.05) is 20.2 Å². The van der Waals surface area contributed by atoms with Crippen molar-refractivity contribution in [2.24, 2.45) is 0 Å². The quantitative estimate of drug-likeness (QED) is 0.720. The van der Waals surface area contributed by atoms with Crippen LogP contribution in [0.1, 0.15) is 31.4 Å². The molecule has 132 valence electrons. The third kappa shape index (κ3) is 5.42. The molecule has 1 aromatic carbocycles. The summed E-state index contributed by atoms with van der Waals surface area (Å²) in [5.74, 6) is 1.99. The number of benzene rings is 1. The number of rotatable bonds is 8. The van der Waals surface area contributed by atoms with Crippen LogP contribution in [0.25, 0.3) is 0 Å². The summed E-state index contributed by atoms with van der Waals surface area (Å²) < 4.78 is 16.5. The van der Waals surface area contributed by atoms with Crippen molar-refractivity contribution in [1.82, 2.24) is 10.1 Å². The molecule has 0 aliphatic heterocycles. The molecule has 0 unspecified atom stereocenters. The van der Waals surface area contributed by atoms with Gasteiger partial charge in [0.1, 0.15) is 19.0 Å². The van der Waals surface area contributed by atoms with E-state index in [1.54, 1.807) is 6.07 Å². The van der Waals surface area contributed by atoms with Crippen LogP contribution in [0.2, 0.25) is 0 Å². The van der Waals surface area contributed by atoms with Gasteiger partial charge in [0.2, 0.25) is 0 Å². The maximum absolute atomic E-state index is 5.67. The Morgan fingerprint density at radius 1 is 1.17 bits per heavy atom. The molecule has 0 saturated heterocycles. The molecule has 1 aliphatic rings. The number of nitrogens with zero attached hydrogens (tertiary/aromatic N) is 2. The van der Waals surface area contributed by atoms with Crippen LogP contribution in [-0.4, -0.2) is 36.3 Å². The normalized spacial score (nSPS) is 14.6. The van der Waals surface area contributed by atoms with Crippen LogP contribution in [0.5, 0.6) is 11.6 Å². The lowest BCUT2D eigenvalue weighted by atomic mass is 10.2. The van der Waals surface area contributed by atoms with Crippen LogP contribution in [0.3, 0.4) is 0 Å². The van der Waals surface area contributed by atoms with Gasteiger partial charge in [0.05, 0.1) is 0 Å². The second kappa shape index (κ2) is 9.55. The number of hydrogen-bond acceptors (Lipinski definition) is 5. The van der Waals surface area contributed by atoms with E-state index in [1.165, 1.54) is 25.7 Å². The van der Waals surface area contributed by atoms with Gasteiger partial charge in [-0.05, 0) is 37.2 Å². The molecule has 0 N–H and O–H groups in total. The number of para-hydroxylation sites is 1. The van der Waals surface area contributed by atoms with Gasteiger partial charge in [0.25, 0.3) is 5.88 Å². The summed E-state index contributed by atoms with van der Waals surface area (Å²) in [5.41, 5.74) is 0. The molecule has 0 spiro atoms. The summed E-state index contributed by atoms with van der Waals surface area (Å²) in [5, 5.41) is 3.93. The Morgan fingerprint density at radius 3 is 2.67 bits per heavy atom. The van der Waals surface area contributed by atoms with Crippen LogP contribution >= 0.6 is 12.4 Å². The summed E-state index contributed by atoms with van der Waals surface area (Å²) >= 11 is 0. The molecule has 3 rings (SSSR count). The van der Waals surface area contributed by atoms with Crippen LogP contribution in [0.4, 0.5) is 0 Å². The van der Waals surface area contributed by atoms with Gasteiger partial charge in [0.15, 0.2) is 5.76 Å². The number of hydrogen-bond donors (Lipinski definition) is 0. The smallest absolute Gasteiger partial charge is 0.254 e. The molecule has 1 saturated carbocycles. The minimum atomic E-state index is 0. The first-order valence-electron chi connectivity index (χ1n) is 8.28. The van der Waals surface area contributed by atoms with E-state index in [1.807, 2.05) is 30.3 Å². The lowest BCUT2D eigenvalue weighted by Crippen LogP contribution is -2.32. The average Bonchev–Trinajstić information content (AvgIpc) is 3.26. The fraction of sp³-hybridized carbons (Fsp3) is 0.500. The Kier molecular flexibility index (Phi) is 7.40.